The van der Waals surface area contributed by atoms with Crippen molar-refractivity contribution in [3.05, 3.63) is 10.8 Å². The summed E-state index contributed by atoms with van der Waals surface area (Å²) in [5, 5.41) is 9.03. The van der Waals surface area contributed by atoms with Gasteiger partial charge in [0.1, 0.15) is 0 Å². The molecular formula is C4H7NOS. The zero-order valence-corrected chi connectivity index (χ0v) is 4.66. The highest BCUT2D eigenvalue weighted by molar-refractivity contribution is 8.03. The Morgan fingerprint density at radius 1 is 1.71 bits per heavy atom. The number of hydrogen-bond donors (Lipinski definition) is 2. The van der Waals surface area contributed by atoms with E-state index in [1.165, 1.54) is 11.8 Å². The van der Waals surface area contributed by atoms with Gasteiger partial charge in [-0.1, -0.05) is 11.8 Å². The molecule has 3 N–H and O–H groups in total. The predicted molar refractivity (Wildman–Crippen MR) is 30.9 cm³/mol. The molecule has 0 atom stereocenters. The van der Waals surface area contributed by atoms with E-state index in [1.807, 2.05) is 0 Å². The standard InChI is InChI=1S/C4H7NOS/c5-3-1-2-7-4(3)6/h6H,1-2,5H2. The third-order valence-corrected chi connectivity index (χ3v) is 1.83. The van der Waals surface area contributed by atoms with Gasteiger partial charge in [-0.05, 0) is 0 Å². The summed E-state index contributed by atoms with van der Waals surface area (Å²) in [7, 11) is 0. The molecule has 0 aromatic rings. The Balaban J connectivity index is 2.64. The van der Waals surface area contributed by atoms with Crippen molar-refractivity contribution in [1.82, 2.24) is 0 Å². The molecule has 0 saturated carbocycles. The molecule has 0 fully saturated rings. The second-order valence-corrected chi connectivity index (χ2v) is 2.51. The molecule has 0 amide bonds. The Labute approximate surface area is 46.4 Å². The van der Waals surface area contributed by atoms with Gasteiger partial charge in [-0.15, -0.1) is 0 Å². The lowest BCUT2D eigenvalue weighted by Gasteiger charge is -1.86. The summed E-state index contributed by atoms with van der Waals surface area (Å²) in [4.78, 5) is 0. The van der Waals surface area contributed by atoms with E-state index < -0.39 is 0 Å². The average Bonchev–Trinajstić information content (AvgIpc) is 1.91. The minimum absolute atomic E-state index is 0.319. The predicted octanol–water partition coefficient (Wildman–Crippen LogP) is 0.809. The lowest BCUT2D eigenvalue weighted by atomic mass is 10.4. The molecule has 0 saturated heterocycles. The topological polar surface area (TPSA) is 46.2 Å². The van der Waals surface area contributed by atoms with Crippen molar-refractivity contribution in [3.63, 3.8) is 0 Å². The first-order valence-electron chi connectivity index (χ1n) is 2.11. The van der Waals surface area contributed by atoms with Crippen LogP contribution in [0.3, 0.4) is 0 Å². The van der Waals surface area contributed by atoms with Gasteiger partial charge < -0.3 is 10.8 Å². The molecule has 2 nitrogen and oxygen atoms in total. The van der Waals surface area contributed by atoms with Gasteiger partial charge in [-0.3, -0.25) is 0 Å². The summed E-state index contributed by atoms with van der Waals surface area (Å²) in [5.41, 5.74) is 5.93. The summed E-state index contributed by atoms with van der Waals surface area (Å²) in [6.07, 6.45) is 0.844. The van der Waals surface area contributed by atoms with Crippen LogP contribution in [0, 0.1) is 0 Å². The van der Waals surface area contributed by atoms with Crippen molar-refractivity contribution < 1.29 is 5.11 Å². The molecule has 0 aliphatic carbocycles. The number of rotatable bonds is 0. The molecule has 0 spiro atoms. The number of allylic oxidation sites excluding steroid dienone is 1. The average molecular weight is 117 g/mol. The van der Waals surface area contributed by atoms with Crippen LogP contribution in [0.1, 0.15) is 6.42 Å². The molecular weight excluding hydrogens is 110 g/mol. The van der Waals surface area contributed by atoms with E-state index in [0.717, 1.165) is 12.2 Å². The van der Waals surface area contributed by atoms with E-state index in [0.29, 0.717) is 10.8 Å². The fourth-order valence-electron chi connectivity index (χ4n) is 0.457. The summed E-state index contributed by atoms with van der Waals surface area (Å²) >= 11 is 1.42. The number of hydrogen-bond acceptors (Lipinski definition) is 3. The highest BCUT2D eigenvalue weighted by Gasteiger charge is 2.08. The Kier molecular flexibility index (Phi) is 1.15. The van der Waals surface area contributed by atoms with Gasteiger partial charge >= 0.3 is 0 Å². The van der Waals surface area contributed by atoms with Gasteiger partial charge in [-0.25, -0.2) is 0 Å². The summed E-state index contributed by atoms with van der Waals surface area (Å²) in [6, 6.07) is 0. The van der Waals surface area contributed by atoms with Gasteiger partial charge in [0, 0.05) is 12.2 Å². The van der Waals surface area contributed by atoms with Crippen molar-refractivity contribution >= 4 is 11.8 Å². The minimum Gasteiger partial charge on any atom is -0.501 e. The van der Waals surface area contributed by atoms with Gasteiger partial charge in [0.2, 0.25) is 0 Å². The molecule has 1 aliphatic rings. The maximum Gasteiger partial charge on any atom is 0.169 e. The van der Waals surface area contributed by atoms with E-state index in [1.54, 1.807) is 0 Å². The van der Waals surface area contributed by atoms with Crippen molar-refractivity contribution in [1.29, 1.82) is 0 Å². The lowest BCUT2D eigenvalue weighted by molar-refractivity contribution is 0.450. The van der Waals surface area contributed by atoms with E-state index in [4.69, 9.17) is 10.8 Å². The van der Waals surface area contributed by atoms with Crippen LogP contribution in [0.5, 0.6) is 0 Å². The second-order valence-electron chi connectivity index (χ2n) is 1.43. The summed E-state index contributed by atoms with van der Waals surface area (Å²) < 4.78 is 0. The van der Waals surface area contributed by atoms with Crippen LogP contribution in [0.2, 0.25) is 0 Å². The molecule has 1 rings (SSSR count). The van der Waals surface area contributed by atoms with Crippen molar-refractivity contribution in [3.8, 4) is 0 Å². The Bertz CT molecular complexity index is 98.3. The fraction of sp³-hybridized carbons (Fsp3) is 0.500. The van der Waals surface area contributed by atoms with Crippen LogP contribution in [-0.2, 0) is 0 Å². The second kappa shape index (κ2) is 1.66. The first kappa shape index (κ1) is 4.84. The SMILES string of the molecule is NC1=C(O)SCC1. The third kappa shape index (κ3) is 0.825. The number of thioether (sulfide) groups is 1. The highest BCUT2D eigenvalue weighted by Crippen LogP contribution is 2.24. The molecule has 0 unspecified atom stereocenters. The van der Waals surface area contributed by atoms with Crippen molar-refractivity contribution in [2.45, 2.75) is 6.42 Å². The number of nitrogens with two attached hydrogens (primary N) is 1. The van der Waals surface area contributed by atoms with Gasteiger partial charge in [0.25, 0.3) is 0 Å². The first-order chi connectivity index (χ1) is 3.30. The fourth-order valence-corrected chi connectivity index (χ4v) is 1.26. The number of aliphatic hydroxyl groups excluding tert-OH is 1. The van der Waals surface area contributed by atoms with Gasteiger partial charge in [-0.2, -0.15) is 0 Å². The third-order valence-electron chi connectivity index (χ3n) is 0.885. The van der Waals surface area contributed by atoms with Gasteiger partial charge in [0.15, 0.2) is 5.09 Å². The maximum atomic E-state index is 8.72. The summed E-state index contributed by atoms with van der Waals surface area (Å²) in [6.45, 7) is 0. The normalized spacial score (nSPS) is 21.1. The van der Waals surface area contributed by atoms with Crippen LogP contribution in [0.4, 0.5) is 0 Å². The largest absolute Gasteiger partial charge is 0.501 e. The molecule has 1 heterocycles. The number of aliphatic hydroxyl groups is 1. The van der Waals surface area contributed by atoms with E-state index >= 15 is 0 Å². The molecule has 40 valence electrons. The monoisotopic (exact) mass is 117 g/mol. The van der Waals surface area contributed by atoms with Crippen LogP contribution in [0.15, 0.2) is 10.8 Å². The maximum absolute atomic E-state index is 8.72. The quantitative estimate of drug-likeness (QED) is 0.493. The van der Waals surface area contributed by atoms with Crippen LogP contribution < -0.4 is 5.73 Å². The van der Waals surface area contributed by atoms with E-state index in [9.17, 15) is 0 Å². The van der Waals surface area contributed by atoms with Crippen molar-refractivity contribution in [2.75, 3.05) is 5.75 Å². The Morgan fingerprint density at radius 2 is 2.43 bits per heavy atom. The highest BCUT2D eigenvalue weighted by atomic mass is 32.2. The zero-order valence-electron chi connectivity index (χ0n) is 3.85. The summed E-state index contributed by atoms with van der Waals surface area (Å²) in [5.74, 6) is 0.942. The van der Waals surface area contributed by atoms with Crippen LogP contribution in [0.25, 0.3) is 0 Å². The molecule has 0 aromatic carbocycles. The Morgan fingerprint density at radius 3 is 2.57 bits per heavy atom. The van der Waals surface area contributed by atoms with Crippen LogP contribution >= 0.6 is 11.8 Å². The lowest BCUT2D eigenvalue weighted by Crippen LogP contribution is -1.94. The van der Waals surface area contributed by atoms with Crippen LogP contribution in [-0.4, -0.2) is 10.9 Å². The minimum atomic E-state index is 0.319. The van der Waals surface area contributed by atoms with E-state index in [2.05, 4.69) is 0 Å². The van der Waals surface area contributed by atoms with E-state index in [-0.39, 0.29) is 0 Å². The molecule has 7 heavy (non-hydrogen) atoms. The van der Waals surface area contributed by atoms with Gasteiger partial charge in [0.05, 0.1) is 5.70 Å². The molecule has 0 bridgehead atoms. The van der Waals surface area contributed by atoms with Crippen molar-refractivity contribution in [2.24, 2.45) is 5.73 Å². The zero-order chi connectivity index (χ0) is 5.28. The molecule has 0 aromatic heterocycles. The molecule has 3 heteroatoms. The molecule has 0 radical (unpaired) electrons. The Hall–Kier alpha value is -0.310. The first-order valence-corrected chi connectivity index (χ1v) is 3.09. The smallest absolute Gasteiger partial charge is 0.169 e. The molecule has 1 aliphatic heterocycles.